The average molecular weight is 200 g/mol. The molecule has 1 unspecified atom stereocenters. The van der Waals surface area contributed by atoms with E-state index in [1.165, 1.54) is 0 Å². The van der Waals surface area contributed by atoms with Crippen molar-refractivity contribution in [2.75, 3.05) is 26.3 Å². The highest BCUT2D eigenvalue weighted by atomic mass is 16.5. The predicted octanol–water partition coefficient (Wildman–Crippen LogP) is 0.219. The molecule has 0 spiro atoms. The lowest BCUT2D eigenvalue weighted by molar-refractivity contribution is -0.149. The molecule has 1 aliphatic rings. The summed E-state index contributed by atoms with van der Waals surface area (Å²) in [5.41, 5.74) is 5.71. The number of carbonyl (C=O) groups excluding carboxylic acids is 1. The minimum atomic E-state index is 0.0514. The summed E-state index contributed by atoms with van der Waals surface area (Å²) in [6.07, 6.45) is 0. The fourth-order valence-electron chi connectivity index (χ4n) is 1.58. The Labute approximate surface area is 85.4 Å². The van der Waals surface area contributed by atoms with Gasteiger partial charge in [0.2, 0.25) is 5.91 Å². The van der Waals surface area contributed by atoms with E-state index in [1.807, 2.05) is 4.90 Å². The molecule has 0 radical (unpaired) electrons. The third-order valence-electron chi connectivity index (χ3n) is 2.21. The predicted molar refractivity (Wildman–Crippen MR) is 54.8 cm³/mol. The van der Waals surface area contributed by atoms with Gasteiger partial charge in [-0.3, -0.25) is 4.79 Å². The van der Waals surface area contributed by atoms with Crippen molar-refractivity contribution in [1.29, 1.82) is 0 Å². The number of hydrogen-bond acceptors (Lipinski definition) is 3. The second-order valence-corrected chi connectivity index (χ2v) is 4.99. The van der Waals surface area contributed by atoms with E-state index in [0.717, 1.165) is 6.54 Å². The lowest BCUT2D eigenvalue weighted by Gasteiger charge is -2.38. The largest absolute Gasteiger partial charge is 0.369 e. The van der Waals surface area contributed by atoms with Gasteiger partial charge in [-0.25, -0.2) is 0 Å². The molecule has 82 valence electrons. The van der Waals surface area contributed by atoms with Gasteiger partial charge in [0.1, 0.15) is 6.61 Å². The summed E-state index contributed by atoms with van der Waals surface area (Å²) in [4.78, 5) is 13.4. The van der Waals surface area contributed by atoms with Gasteiger partial charge in [0, 0.05) is 13.1 Å². The van der Waals surface area contributed by atoms with E-state index >= 15 is 0 Å². The smallest absolute Gasteiger partial charge is 0.248 e. The average Bonchev–Trinajstić information content (AvgIpc) is 2.06. The van der Waals surface area contributed by atoms with Crippen LogP contribution in [0, 0.1) is 5.41 Å². The fraction of sp³-hybridized carbons (Fsp3) is 0.900. The van der Waals surface area contributed by atoms with E-state index in [-0.39, 0.29) is 24.0 Å². The Hall–Kier alpha value is -0.610. The number of carbonyl (C=O) groups is 1. The standard InChI is InChI=1S/C10H20N2O2/c1-10(2,3)7-12-8(4-11)5-14-6-9(12)13/h8H,4-7,11H2,1-3H3. The maximum atomic E-state index is 11.6. The number of rotatable bonds is 2. The van der Waals surface area contributed by atoms with Crippen molar-refractivity contribution >= 4 is 5.91 Å². The minimum Gasteiger partial charge on any atom is -0.369 e. The Balaban J connectivity index is 2.64. The molecule has 0 aromatic carbocycles. The van der Waals surface area contributed by atoms with Crippen molar-refractivity contribution < 1.29 is 9.53 Å². The molecule has 1 atom stereocenters. The molecule has 1 saturated heterocycles. The first-order chi connectivity index (χ1) is 6.44. The zero-order chi connectivity index (χ0) is 10.8. The van der Waals surface area contributed by atoms with E-state index in [0.29, 0.717) is 13.2 Å². The number of nitrogens with two attached hydrogens (primary N) is 1. The number of nitrogens with zero attached hydrogens (tertiary/aromatic N) is 1. The van der Waals surface area contributed by atoms with Crippen LogP contribution in [0.25, 0.3) is 0 Å². The molecule has 1 rings (SSSR count). The normalized spacial score (nSPS) is 24.1. The third kappa shape index (κ3) is 2.96. The SMILES string of the molecule is CC(C)(C)CN1C(=O)COCC1CN. The molecule has 0 bridgehead atoms. The number of morpholine rings is 1. The van der Waals surface area contributed by atoms with Gasteiger partial charge in [-0.15, -0.1) is 0 Å². The zero-order valence-electron chi connectivity index (χ0n) is 9.25. The zero-order valence-corrected chi connectivity index (χ0v) is 9.25. The van der Waals surface area contributed by atoms with Gasteiger partial charge in [0.25, 0.3) is 0 Å². The molecular formula is C10H20N2O2. The highest BCUT2D eigenvalue weighted by Crippen LogP contribution is 2.18. The third-order valence-corrected chi connectivity index (χ3v) is 2.21. The molecule has 1 heterocycles. The first-order valence-corrected chi connectivity index (χ1v) is 5.01. The Kier molecular flexibility index (Phi) is 3.50. The molecule has 2 N–H and O–H groups in total. The summed E-state index contributed by atoms with van der Waals surface area (Å²) in [5.74, 6) is 0.0571. The van der Waals surface area contributed by atoms with Gasteiger partial charge in [0.05, 0.1) is 12.6 Å². The van der Waals surface area contributed by atoms with Crippen molar-refractivity contribution in [1.82, 2.24) is 4.90 Å². The van der Waals surface area contributed by atoms with Crippen molar-refractivity contribution in [3.63, 3.8) is 0 Å². The summed E-state index contributed by atoms with van der Waals surface area (Å²) in [7, 11) is 0. The van der Waals surface area contributed by atoms with Gasteiger partial charge in [-0.05, 0) is 5.41 Å². The van der Waals surface area contributed by atoms with Crippen LogP contribution < -0.4 is 5.73 Å². The lowest BCUT2D eigenvalue weighted by atomic mass is 9.95. The van der Waals surface area contributed by atoms with E-state index in [4.69, 9.17) is 10.5 Å². The summed E-state index contributed by atoms with van der Waals surface area (Å²) in [6, 6.07) is 0.0514. The Morgan fingerprint density at radius 1 is 1.57 bits per heavy atom. The van der Waals surface area contributed by atoms with Crippen LogP contribution in [-0.4, -0.2) is 43.2 Å². The molecule has 1 fully saturated rings. The number of hydrogen-bond donors (Lipinski definition) is 1. The first-order valence-electron chi connectivity index (χ1n) is 5.01. The van der Waals surface area contributed by atoms with E-state index < -0.39 is 0 Å². The maximum absolute atomic E-state index is 11.6. The first kappa shape index (κ1) is 11.5. The molecule has 0 aromatic rings. The topological polar surface area (TPSA) is 55.6 Å². The second kappa shape index (κ2) is 4.28. The van der Waals surface area contributed by atoms with Gasteiger partial charge in [-0.2, -0.15) is 0 Å². The van der Waals surface area contributed by atoms with E-state index in [1.54, 1.807) is 0 Å². The van der Waals surface area contributed by atoms with Crippen molar-refractivity contribution in [2.45, 2.75) is 26.8 Å². The van der Waals surface area contributed by atoms with E-state index in [2.05, 4.69) is 20.8 Å². The Bertz CT molecular complexity index is 211. The summed E-state index contributed by atoms with van der Waals surface area (Å²) >= 11 is 0. The molecule has 1 amide bonds. The van der Waals surface area contributed by atoms with Crippen LogP contribution in [0.3, 0.4) is 0 Å². The van der Waals surface area contributed by atoms with Crippen LogP contribution in [-0.2, 0) is 9.53 Å². The fourth-order valence-corrected chi connectivity index (χ4v) is 1.58. The Morgan fingerprint density at radius 3 is 2.71 bits per heavy atom. The number of amides is 1. The van der Waals surface area contributed by atoms with E-state index in [9.17, 15) is 4.79 Å². The lowest BCUT2D eigenvalue weighted by Crippen LogP contribution is -2.54. The molecule has 0 aliphatic carbocycles. The van der Waals surface area contributed by atoms with Gasteiger partial charge in [-0.1, -0.05) is 20.8 Å². The van der Waals surface area contributed by atoms with Crippen LogP contribution in [0.1, 0.15) is 20.8 Å². The molecular weight excluding hydrogens is 180 g/mol. The highest BCUT2D eigenvalue weighted by Gasteiger charge is 2.30. The Morgan fingerprint density at radius 2 is 2.21 bits per heavy atom. The van der Waals surface area contributed by atoms with Crippen LogP contribution in [0.2, 0.25) is 0 Å². The molecule has 0 aromatic heterocycles. The molecule has 4 nitrogen and oxygen atoms in total. The van der Waals surface area contributed by atoms with Crippen LogP contribution >= 0.6 is 0 Å². The second-order valence-electron chi connectivity index (χ2n) is 4.99. The van der Waals surface area contributed by atoms with Crippen molar-refractivity contribution in [2.24, 2.45) is 11.1 Å². The van der Waals surface area contributed by atoms with Crippen molar-refractivity contribution in [3.8, 4) is 0 Å². The molecule has 1 aliphatic heterocycles. The van der Waals surface area contributed by atoms with Gasteiger partial charge < -0.3 is 15.4 Å². The molecule has 14 heavy (non-hydrogen) atoms. The number of ether oxygens (including phenoxy) is 1. The van der Waals surface area contributed by atoms with Crippen molar-refractivity contribution in [3.05, 3.63) is 0 Å². The van der Waals surface area contributed by atoms with Gasteiger partial charge >= 0.3 is 0 Å². The maximum Gasteiger partial charge on any atom is 0.248 e. The monoisotopic (exact) mass is 200 g/mol. The summed E-state index contributed by atoms with van der Waals surface area (Å²) in [6.45, 7) is 8.33. The molecule has 0 saturated carbocycles. The van der Waals surface area contributed by atoms with Crippen LogP contribution in [0.15, 0.2) is 0 Å². The van der Waals surface area contributed by atoms with Gasteiger partial charge in [0.15, 0.2) is 0 Å². The summed E-state index contributed by atoms with van der Waals surface area (Å²) in [5, 5.41) is 0. The molecule has 4 heteroatoms. The van der Waals surface area contributed by atoms with Crippen LogP contribution in [0.5, 0.6) is 0 Å². The minimum absolute atomic E-state index is 0.0514. The highest BCUT2D eigenvalue weighted by molar-refractivity contribution is 5.78. The quantitative estimate of drug-likeness (QED) is 0.693. The van der Waals surface area contributed by atoms with Crippen LogP contribution in [0.4, 0.5) is 0 Å². The summed E-state index contributed by atoms with van der Waals surface area (Å²) < 4.78 is 5.16.